The molecule has 0 spiro atoms. The number of para-hydroxylation sites is 1. The van der Waals surface area contributed by atoms with Crippen LogP contribution in [0.25, 0.3) is 10.9 Å². The summed E-state index contributed by atoms with van der Waals surface area (Å²) in [6.07, 6.45) is 1.64. The highest BCUT2D eigenvalue weighted by atomic mass is 32.2. The fourth-order valence-corrected chi connectivity index (χ4v) is 3.69. The quantitative estimate of drug-likeness (QED) is 0.513. The Bertz CT molecular complexity index is 1140. The van der Waals surface area contributed by atoms with E-state index in [0.29, 0.717) is 18.2 Å². The molecule has 0 aliphatic rings. The van der Waals surface area contributed by atoms with Gasteiger partial charge in [0, 0.05) is 30.7 Å². The van der Waals surface area contributed by atoms with Crippen LogP contribution in [0, 0.1) is 15.9 Å². The van der Waals surface area contributed by atoms with E-state index >= 15 is 0 Å². The number of benzene rings is 2. The van der Waals surface area contributed by atoms with Crippen LogP contribution in [0.2, 0.25) is 0 Å². The summed E-state index contributed by atoms with van der Waals surface area (Å²) >= 11 is 0. The van der Waals surface area contributed by atoms with Crippen molar-refractivity contribution in [1.29, 1.82) is 0 Å². The Labute approximate surface area is 153 Å². The number of sulfonamides is 1. The Morgan fingerprint density at radius 1 is 1.19 bits per heavy atom. The zero-order valence-corrected chi connectivity index (χ0v) is 14.6. The van der Waals surface area contributed by atoms with Crippen LogP contribution in [0.4, 0.5) is 10.1 Å². The second-order valence-electron chi connectivity index (χ2n) is 5.75. The van der Waals surface area contributed by atoms with Gasteiger partial charge in [-0.1, -0.05) is 18.2 Å². The van der Waals surface area contributed by atoms with Crippen LogP contribution < -0.4 is 4.72 Å². The number of carbonyl (C=O) groups is 1. The number of non-ortho nitro benzene ring substituents is 1. The minimum absolute atomic E-state index is 0.144. The molecule has 0 saturated heterocycles. The fourth-order valence-electron chi connectivity index (χ4n) is 2.63. The molecule has 140 valence electrons. The van der Waals surface area contributed by atoms with Gasteiger partial charge in [0.15, 0.2) is 0 Å². The van der Waals surface area contributed by atoms with Gasteiger partial charge >= 0.3 is 0 Å². The molecule has 3 rings (SSSR count). The molecule has 1 N–H and O–H groups in total. The van der Waals surface area contributed by atoms with Gasteiger partial charge in [0.25, 0.3) is 15.7 Å². The number of hydrogen-bond acceptors (Lipinski definition) is 5. The van der Waals surface area contributed by atoms with Crippen molar-refractivity contribution in [3.8, 4) is 0 Å². The molecule has 1 aromatic heterocycles. The number of amides is 1. The molecule has 1 heterocycles. The van der Waals surface area contributed by atoms with Crippen molar-refractivity contribution in [1.82, 2.24) is 9.29 Å². The molecule has 1 amide bonds. The van der Waals surface area contributed by atoms with Gasteiger partial charge in [0.1, 0.15) is 5.82 Å². The highest BCUT2D eigenvalue weighted by molar-refractivity contribution is 7.90. The van der Waals surface area contributed by atoms with E-state index in [-0.39, 0.29) is 13.0 Å². The van der Waals surface area contributed by atoms with Crippen LogP contribution in [-0.4, -0.2) is 23.8 Å². The number of nitro benzene ring substituents is 1. The number of nitro groups is 1. The van der Waals surface area contributed by atoms with Crippen molar-refractivity contribution >= 4 is 32.5 Å². The first-order valence-corrected chi connectivity index (χ1v) is 9.29. The molecule has 27 heavy (non-hydrogen) atoms. The Morgan fingerprint density at radius 2 is 1.93 bits per heavy atom. The lowest BCUT2D eigenvalue weighted by Crippen LogP contribution is -2.31. The van der Waals surface area contributed by atoms with E-state index in [1.165, 1.54) is 0 Å². The molecule has 0 fully saturated rings. The molecule has 0 unspecified atom stereocenters. The summed E-state index contributed by atoms with van der Waals surface area (Å²) in [4.78, 5) is 21.2. The standard InChI is InChI=1S/C17H14FN3O5S/c18-13-9-14(21(23)24)11-15(10-13)27(25,26)19-17(22)6-8-20-7-5-12-3-1-2-4-16(12)20/h1-5,7,9-11H,6,8H2,(H,19,22). The monoisotopic (exact) mass is 391 g/mol. The molecular formula is C17H14FN3O5S. The Hall–Kier alpha value is -3.27. The van der Waals surface area contributed by atoms with Crippen molar-refractivity contribution < 1.29 is 22.5 Å². The summed E-state index contributed by atoms with van der Waals surface area (Å²) in [7, 11) is -4.42. The first-order valence-electron chi connectivity index (χ1n) is 7.81. The number of nitrogens with zero attached hydrogens (tertiary/aromatic N) is 2. The Balaban J connectivity index is 1.72. The molecule has 0 bridgehead atoms. The third-order valence-electron chi connectivity index (χ3n) is 3.89. The van der Waals surface area contributed by atoms with Crippen LogP contribution in [0.15, 0.2) is 59.6 Å². The minimum atomic E-state index is -4.42. The van der Waals surface area contributed by atoms with Crippen LogP contribution in [0.3, 0.4) is 0 Å². The van der Waals surface area contributed by atoms with Gasteiger partial charge in [-0.2, -0.15) is 0 Å². The topological polar surface area (TPSA) is 111 Å². The van der Waals surface area contributed by atoms with Gasteiger partial charge in [-0.25, -0.2) is 17.5 Å². The van der Waals surface area contributed by atoms with Gasteiger partial charge in [0.05, 0.1) is 15.9 Å². The lowest BCUT2D eigenvalue weighted by Gasteiger charge is -2.08. The highest BCUT2D eigenvalue weighted by Gasteiger charge is 2.22. The fraction of sp³-hybridized carbons (Fsp3) is 0.118. The van der Waals surface area contributed by atoms with E-state index < -0.39 is 37.3 Å². The summed E-state index contributed by atoms with van der Waals surface area (Å²) < 4.78 is 41.5. The summed E-state index contributed by atoms with van der Waals surface area (Å²) in [6.45, 7) is 0.234. The maximum atomic E-state index is 13.5. The van der Waals surface area contributed by atoms with Gasteiger partial charge < -0.3 is 4.57 Å². The average Bonchev–Trinajstić information content (AvgIpc) is 3.02. The maximum Gasteiger partial charge on any atom is 0.273 e. The zero-order valence-electron chi connectivity index (χ0n) is 13.8. The zero-order chi connectivity index (χ0) is 19.6. The summed E-state index contributed by atoms with van der Waals surface area (Å²) in [5.41, 5.74) is 0.176. The second-order valence-corrected chi connectivity index (χ2v) is 7.43. The van der Waals surface area contributed by atoms with E-state index in [0.717, 1.165) is 10.9 Å². The van der Waals surface area contributed by atoms with Crippen molar-refractivity contribution in [2.24, 2.45) is 0 Å². The number of aryl methyl sites for hydroxylation is 1. The number of halogens is 1. The normalized spacial score (nSPS) is 11.4. The number of aromatic nitrogens is 1. The molecule has 8 nitrogen and oxygen atoms in total. The molecule has 0 aliphatic heterocycles. The Kier molecular flexibility index (Phi) is 4.91. The molecule has 0 radical (unpaired) electrons. The number of hydrogen-bond donors (Lipinski definition) is 1. The van der Waals surface area contributed by atoms with Crippen molar-refractivity contribution in [2.75, 3.05) is 0 Å². The first kappa shape index (κ1) is 18.5. The van der Waals surface area contributed by atoms with Crippen molar-refractivity contribution in [3.63, 3.8) is 0 Å². The molecule has 3 aromatic rings. The van der Waals surface area contributed by atoms with Gasteiger partial charge in [0.2, 0.25) is 5.91 Å². The van der Waals surface area contributed by atoms with Gasteiger partial charge in [-0.15, -0.1) is 0 Å². The predicted octanol–water partition coefficient (Wildman–Crippen LogP) is 2.58. The third kappa shape index (κ3) is 4.11. The van der Waals surface area contributed by atoms with Crippen LogP contribution in [0.1, 0.15) is 6.42 Å². The molecular weight excluding hydrogens is 377 g/mol. The predicted molar refractivity (Wildman–Crippen MR) is 94.9 cm³/mol. The number of rotatable bonds is 6. The summed E-state index contributed by atoms with van der Waals surface area (Å²) in [5, 5.41) is 11.7. The van der Waals surface area contributed by atoms with Crippen molar-refractivity contribution in [3.05, 3.63) is 70.7 Å². The summed E-state index contributed by atoms with van der Waals surface area (Å²) in [5.74, 6) is -1.89. The number of fused-ring (bicyclic) bond motifs is 1. The minimum Gasteiger partial charge on any atom is -0.347 e. The molecule has 0 saturated carbocycles. The van der Waals surface area contributed by atoms with Crippen LogP contribution >= 0.6 is 0 Å². The SMILES string of the molecule is O=C(CCn1ccc2ccccc21)NS(=O)(=O)c1cc(F)cc([N+](=O)[O-])c1. The van der Waals surface area contributed by atoms with Gasteiger partial charge in [-0.05, 0) is 23.6 Å². The molecule has 0 atom stereocenters. The lowest BCUT2D eigenvalue weighted by molar-refractivity contribution is -0.385. The molecule has 0 aliphatic carbocycles. The number of nitrogens with one attached hydrogen (secondary N) is 1. The van der Waals surface area contributed by atoms with E-state index in [9.17, 15) is 27.7 Å². The largest absolute Gasteiger partial charge is 0.347 e. The van der Waals surface area contributed by atoms with Crippen LogP contribution in [0.5, 0.6) is 0 Å². The second kappa shape index (κ2) is 7.16. The van der Waals surface area contributed by atoms with E-state index in [4.69, 9.17) is 0 Å². The average molecular weight is 391 g/mol. The third-order valence-corrected chi connectivity index (χ3v) is 5.24. The highest BCUT2D eigenvalue weighted by Crippen LogP contribution is 2.20. The van der Waals surface area contributed by atoms with E-state index in [1.807, 2.05) is 35.1 Å². The smallest absolute Gasteiger partial charge is 0.273 e. The van der Waals surface area contributed by atoms with E-state index in [1.54, 1.807) is 10.8 Å². The molecule has 2 aromatic carbocycles. The maximum absolute atomic E-state index is 13.5. The van der Waals surface area contributed by atoms with Crippen molar-refractivity contribution in [2.45, 2.75) is 17.9 Å². The first-order chi connectivity index (χ1) is 12.8. The lowest BCUT2D eigenvalue weighted by atomic mass is 10.2. The number of carbonyl (C=O) groups excluding carboxylic acids is 1. The Morgan fingerprint density at radius 3 is 2.67 bits per heavy atom. The molecule has 10 heteroatoms. The van der Waals surface area contributed by atoms with E-state index in [2.05, 4.69) is 0 Å². The summed E-state index contributed by atoms with van der Waals surface area (Å²) in [6, 6.07) is 11.3. The van der Waals surface area contributed by atoms with Gasteiger partial charge in [-0.3, -0.25) is 14.9 Å². The van der Waals surface area contributed by atoms with Crippen LogP contribution in [-0.2, 0) is 21.4 Å².